The zero-order valence-corrected chi connectivity index (χ0v) is 28.8. The van der Waals surface area contributed by atoms with Crippen molar-refractivity contribution in [3.05, 3.63) is 228 Å². The van der Waals surface area contributed by atoms with Gasteiger partial charge in [-0.25, -0.2) is 0 Å². The van der Waals surface area contributed by atoms with Gasteiger partial charge in [0.05, 0.1) is 0 Å². The van der Waals surface area contributed by atoms with Crippen LogP contribution in [0.3, 0.4) is 0 Å². The fourth-order valence-corrected chi connectivity index (χ4v) is 12.1. The Bertz CT molecular complexity index is 1530. The van der Waals surface area contributed by atoms with Gasteiger partial charge in [-0.1, -0.05) is 0 Å². The van der Waals surface area contributed by atoms with Gasteiger partial charge >= 0.3 is 284 Å². The van der Waals surface area contributed by atoms with E-state index in [1.807, 2.05) is 0 Å². The molecule has 6 rings (SSSR count). The third kappa shape index (κ3) is 7.86. The average Bonchev–Trinajstić information content (AvgIpc) is 3.10. The molecule has 0 nitrogen and oxygen atoms in total. The molecule has 0 fully saturated rings. The first-order valence-electron chi connectivity index (χ1n) is 15.1. The fraction of sp³-hybridized carbons (Fsp3) is 0.0476. The second-order valence-corrected chi connectivity index (χ2v) is 16.8. The van der Waals surface area contributed by atoms with Gasteiger partial charge in [0.2, 0.25) is 0 Å². The van der Waals surface area contributed by atoms with Gasteiger partial charge in [0, 0.05) is 0 Å². The molecule has 0 aromatic heterocycles. The third-order valence-corrected chi connectivity index (χ3v) is 14.5. The second-order valence-electron chi connectivity index (χ2n) is 10.9. The molecule has 6 aromatic rings. The van der Waals surface area contributed by atoms with Crippen LogP contribution in [0.2, 0.25) is 0 Å². The summed E-state index contributed by atoms with van der Waals surface area (Å²) >= 11 is -1.99. The van der Waals surface area contributed by atoms with Gasteiger partial charge in [0.15, 0.2) is 0 Å². The van der Waals surface area contributed by atoms with Crippen LogP contribution in [0.1, 0.15) is 45.2 Å². The summed E-state index contributed by atoms with van der Waals surface area (Å²) in [5, 5.41) is 0. The van der Waals surface area contributed by atoms with E-state index in [0.29, 0.717) is 0 Å². The number of hydrogen-bond donors (Lipinski definition) is 0. The molecule has 0 amide bonds. The summed E-state index contributed by atoms with van der Waals surface area (Å²) in [7, 11) is 0. The number of rotatable bonds is 10. The summed E-state index contributed by atoms with van der Waals surface area (Å²) < 4.78 is 3.07. The molecule has 0 aliphatic rings. The van der Waals surface area contributed by atoms with Crippen LogP contribution in [0, 0.1) is 0 Å². The van der Waals surface area contributed by atoms with E-state index in [4.69, 9.17) is 0 Å². The molecule has 0 atom stereocenters. The summed E-state index contributed by atoms with van der Waals surface area (Å²) in [6.45, 7) is 0. The average molecular weight is 676 g/mol. The van der Waals surface area contributed by atoms with E-state index in [0.717, 1.165) is 0 Å². The first-order valence-corrected chi connectivity index (χ1v) is 19.5. The molecule has 204 valence electrons. The Morgan fingerprint density at radius 2 is 0.558 bits per heavy atom. The third-order valence-electron chi connectivity index (χ3n) is 8.04. The predicted octanol–water partition coefficient (Wildman–Crippen LogP) is 10.4. The Labute approximate surface area is 280 Å². The summed E-state index contributed by atoms with van der Waals surface area (Å²) in [5.41, 5.74) is 8.00. The molecule has 0 bridgehead atoms. The monoisotopic (exact) mass is 676 g/mol. The Kier molecular flexibility index (Phi) is 10.4. The van der Waals surface area contributed by atoms with Crippen molar-refractivity contribution in [1.29, 1.82) is 0 Å². The molecule has 6 aromatic carbocycles. The first-order chi connectivity index (χ1) is 21.3. The van der Waals surface area contributed by atoms with Gasteiger partial charge < -0.3 is 0 Å². The van der Waals surface area contributed by atoms with Crippen LogP contribution in [0.25, 0.3) is 0.0821 Å². The molecular formula is C42H34Ba. The normalized spacial score (nSPS) is 11.9. The molecule has 0 N–H and O–H groups in total. The Morgan fingerprint density at radius 3 is 0.814 bits per heavy atom. The standard InChI is InChI=1S/2C21H17.Ba/c2*1-4-10-18(11-5-1)16-17-21(19-12-6-2-7-13-19)20-14-8-3-9-15-20;/h2*1-15,17,21H;. The number of benzene rings is 6. The van der Waals surface area contributed by atoms with E-state index >= 15 is 0 Å². The summed E-state index contributed by atoms with van der Waals surface area (Å²) in [6.07, 6.45) is 5.16. The van der Waals surface area contributed by atoms with Crippen molar-refractivity contribution in [2.75, 3.05) is 0 Å². The van der Waals surface area contributed by atoms with Crippen LogP contribution in [-0.4, -0.2) is 44.2 Å². The van der Waals surface area contributed by atoms with E-state index in [1.54, 1.807) is 0 Å². The molecule has 0 unspecified atom stereocenters. The predicted molar refractivity (Wildman–Crippen MR) is 184 cm³/mol. The molecule has 0 spiro atoms. The zero-order chi connectivity index (χ0) is 29.1. The van der Waals surface area contributed by atoms with Crippen LogP contribution in [0.15, 0.2) is 194 Å². The van der Waals surface area contributed by atoms with Crippen molar-refractivity contribution >= 4 is 44.3 Å². The molecule has 0 aliphatic carbocycles. The van der Waals surface area contributed by atoms with E-state index in [9.17, 15) is 0 Å². The summed E-state index contributed by atoms with van der Waals surface area (Å²) in [4.78, 5) is 0. The Balaban J connectivity index is 1.52. The van der Waals surface area contributed by atoms with Crippen molar-refractivity contribution in [3.8, 4) is 0 Å². The maximum absolute atomic E-state index is 2.58. The Hall–Kier alpha value is -3.63. The van der Waals surface area contributed by atoms with Gasteiger partial charge in [-0.2, -0.15) is 0 Å². The minimum atomic E-state index is -1.99. The summed E-state index contributed by atoms with van der Waals surface area (Å²) in [5.74, 6) is 0.377. The van der Waals surface area contributed by atoms with Crippen LogP contribution in [-0.2, 0) is 0 Å². The molecular weight excluding hydrogens is 642 g/mol. The van der Waals surface area contributed by atoms with Gasteiger partial charge in [-0.3, -0.25) is 0 Å². The minimum absolute atomic E-state index is 0.189. The number of hydrogen-bond acceptors (Lipinski definition) is 0. The molecule has 0 saturated carbocycles. The molecule has 0 aliphatic heterocycles. The van der Waals surface area contributed by atoms with Gasteiger partial charge in [0.1, 0.15) is 0 Å². The first kappa shape index (κ1) is 29.4. The van der Waals surface area contributed by atoms with Crippen LogP contribution in [0.4, 0.5) is 0 Å². The van der Waals surface area contributed by atoms with E-state index in [2.05, 4.69) is 194 Å². The van der Waals surface area contributed by atoms with Gasteiger partial charge in [-0.05, 0) is 0 Å². The van der Waals surface area contributed by atoms with E-state index in [-0.39, 0.29) is 11.8 Å². The topological polar surface area (TPSA) is 0 Å². The summed E-state index contributed by atoms with van der Waals surface area (Å²) in [6, 6.07) is 66.0. The fourth-order valence-electron chi connectivity index (χ4n) is 5.84. The van der Waals surface area contributed by atoms with Gasteiger partial charge in [-0.15, -0.1) is 0 Å². The number of allylic oxidation sites excluding steroid dienone is 2. The van der Waals surface area contributed by atoms with E-state index < -0.39 is 44.2 Å². The van der Waals surface area contributed by atoms with Gasteiger partial charge in [0.25, 0.3) is 0 Å². The molecule has 43 heavy (non-hydrogen) atoms. The van der Waals surface area contributed by atoms with Crippen LogP contribution < -0.4 is 0 Å². The molecule has 1 heteroatoms. The quantitative estimate of drug-likeness (QED) is 0.127. The Morgan fingerprint density at radius 1 is 0.326 bits per heavy atom. The maximum atomic E-state index is 2.58. The van der Waals surface area contributed by atoms with Crippen molar-refractivity contribution in [2.24, 2.45) is 0 Å². The van der Waals surface area contributed by atoms with Crippen molar-refractivity contribution < 1.29 is 0 Å². The van der Waals surface area contributed by atoms with E-state index in [1.165, 1.54) is 33.5 Å². The zero-order valence-electron chi connectivity index (χ0n) is 24.3. The van der Waals surface area contributed by atoms with Crippen molar-refractivity contribution in [2.45, 2.75) is 11.8 Å². The SMILES string of the molecule is C(=[C]([Ba][C](=CC(c1ccccc1)c1ccccc1)c1ccccc1)c1ccccc1)C(c1ccccc1)c1ccccc1. The second kappa shape index (κ2) is 15.2. The van der Waals surface area contributed by atoms with Crippen LogP contribution >= 0.6 is 0 Å². The molecule has 0 heterocycles. The molecule has 0 radical (unpaired) electrons. The van der Waals surface area contributed by atoms with Crippen molar-refractivity contribution in [3.63, 3.8) is 0 Å². The van der Waals surface area contributed by atoms with Crippen LogP contribution in [0.5, 0.6) is 0 Å². The molecule has 0 saturated heterocycles. The van der Waals surface area contributed by atoms with Crippen molar-refractivity contribution in [1.82, 2.24) is 0 Å².